The van der Waals surface area contributed by atoms with E-state index in [1.54, 1.807) is 0 Å². The number of rotatable bonds is 4. The highest BCUT2D eigenvalue weighted by Gasteiger charge is 2.13. The third kappa shape index (κ3) is 3.03. The van der Waals surface area contributed by atoms with Gasteiger partial charge in [-0.2, -0.15) is 0 Å². The maximum atomic E-state index is 10.5. The fourth-order valence-corrected chi connectivity index (χ4v) is 1.18. The predicted octanol–water partition coefficient (Wildman–Crippen LogP) is 0.0567. The van der Waals surface area contributed by atoms with Crippen molar-refractivity contribution in [1.29, 1.82) is 0 Å². The molecule has 15 heavy (non-hydrogen) atoms. The van der Waals surface area contributed by atoms with Gasteiger partial charge in [-0.05, 0) is 12.8 Å². The number of aliphatic carboxylic acids is 1. The molecule has 0 saturated heterocycles. The molecule has 82 valence electrons. The standard InChI is InChI=1S/C8H11ClN4O2/c9-7-6(11)5(12-3-13-7)2-1-4(10)8(14)15/h3-4H,1-2,10-11H2,(H,14,15). The van der Waals surface area contributed by atoms with Crippen LogP contribution in [0, 0.1) is 0 Å². The van der Waals surface area contributed by atoms with Crippen LogP contribution in [-0.2, 0) is 11.2 Å². The minimum atomic E-state index is -1.05. The molecule has 0 aromatic carbocycles. The summed E-state index contributed by atoms with van der Waals surface area (Å²) in [6.07, 6.45) is 1.90. The predicted molar refractivity (Wildman–Crippen MR) is 55.4 cm³/mol. The van der Waals surface area contributed by atoms with E-state index < -0.39 is 12.0 Å². The second-order valence-corrected chi connectivity index (χ2v) is 3.37. The number of nitrogens with zero attached hydrogens (tertiary/aromatic N) is 2. The van der Waals surface area contributed by atoms with E-state index in [9.17, 15) is 4.79 Å². The Kier molecular flexibility index (Phi) is 3.81. The first-order chi connectivity index (χ1) is 7.02. The number of anilines is 1. The summed E-state index contributed by atoms with van der Waals surface area (Å²) < 4.78 is 0. The topological polar surface area (TPSA) is 115 Å². The monoisotopic (exact) mass is 230 g/mol. The number of hydrogen-bond donors (Lipinski definition) is 3. The van der Waals surface area contributed by atoms with Crippen molar-refractivity contribution < 1.29 is 9.90 Å². The van der Waals surface area contributed by atoms with Crippen molar-refractivity contribution >= 4 is 23.3 Å². The Balaban J connectivity index is 2.66. The lowest BCUT2D eigenvalue weighted by atomic mass is 10.1. The quantitative estimate of drug-likeness (QED) is 0.630. The Labute approximate surface area is 91.3 Å². The zero-order valence-corrected chi connectivity index (χ0v) is 8.61. The van der Waals surface area contributed by atoms with Crippen molar-refractivity contribution in [3.63, 3.8) is 0 Å². The molecule has 0 saturated carbocycles. The molecule has 1 rings (SSSR count). The molecule has 1 unspecified atom stereocenters. The lowest BCUT2D eigenvalue weighted by Crippen LogP contribution is -2.30. The van der Waals surface area contributed by atoms with Crippen LogP contribution < -0.4 is 11.5 Å². The molecule has 0 fully saturated rings. The molecule has 0 aliphatic carbocycles. The minimum Gasteiger partial charge on any atom is -0.480 e. The molecule has 6 nitrogen and oxygen atoms in total. The van der Waals surface area contributed by atoms with E-state index in [0.717, 1.165) is 0 Å². The number of carboxylic acid groups (broad SMARTS) is 1. The SMILES string of the molecule is Nc1c(Cl)ncnc1CCC(N)C(=O)O. The number of aromatic nitrogens is 2. The van der Waals surface area contributed by atoms with Crippen LogP contribution in [0.3, 0.4) is 0 Å². The summed E-state index contributed by atoms with van der Waals surface area (Å²) >= 11 is 5.67. The van der Waals surface area contributed by atoms with Gasteiger partial charge in [0.05, 0.1) is 11.4 Å². The summed E-state index contributed by atoms with van der Waals surface area (Å²) in [5, 5.41) is 8.74. The van der Waals surface area contributed by atoms with Crippen LogP contribution in [0.25, 0.3) is 0 Å². The average Bonchev–Trinajstić information content (AvgIpc) is 2.19. The van der Waals surface area contributed by atoms with Crippen molar-refractivity contribution in [2.24, 2.45) is 5.73 Å². The molecule has 0 radical (unpaired) electrons. The number of hydrogen-bond acceptors (Lipinski definition) is 5. The molecule has 1 aromatic rings. The Morgan fingerprint density at radius 2 is 2.27 bits per heavy atom. The van der Waals surface area contributed by atoms with E-state index in [0.29, 0.717) is 12.1 Å². The molecule has 1 aromatic heterocycles. The molecule has 0 amide bonds. The molecule has 0 aliphatic rings. The van der Waals surface area contributed by atoms with Crippen LogP contribution in [0.4, 0.5) is 5.69 Å². The molecule has 5 N–H and O–H groups in total. The van der Waals surface area contributed by atoms with E-state index in [1.165, 1.54) is 6.33 Å². The maximum absolute atomic E-state index is 10.5. The van der Waals surface area contributed by atoms with Gasteiger partial charge in [-0.15, -0.1) is 0 Å². The van der Waals surface area contributed by atoms with Gasteiger partial charge in [0.15, 0.2) is 5.15 Å². The molecule has 1 atom stereocenters. The van der Waals surface area contributed by atoms with Gasteiger partial charge < -0.3 is 16.6 Å². The first-order valence-electron chi connectivity index (χ1n) is 4.25. The molecule has 7 heteroatoms. The number of nitrogen functional groups attached to an aromatic ring is 1. The lowest BCUT2D eigenvalue weighted by Gasteiger charge is -2.07. The lowest BCUT2D eigenvalue weighted by molar-refractivity contribution is -0.138. The molecule has 0 bridgehead atoms. The zero-order valence-electron chi connectivity index (χ0n) is 7.85. The van der Waals surface area contributed by atoms with Crippen LogP contribution in [-0.4, -0.2) is 27.1 Å². The Morgan fingerprint density at radius 3 is 2.87 bits per heavy atom. The fraction of sp³-hybridized carbons (Fsp3) is 0.375. The average molecular weight is 231 g/mol. The third-order valence-electron chi connectivity index (χ3n) is 1.93. The minimum absolute atomic E-state index is 0.170. The summed E-state index contributed by atoms with van der Waals surface area (Å²) in [5.41, 5.74) is 11.7. The van der Waals surface area contributed by atoms with Gasteiger partial charge >= 0.3 is 5.97 Å². The Bertz CT molecular complexity index is 372. The van der Waals surface area contributed by atoms with Crippen molar-refractivity contribution in [3.8, 4) is 0 Å². The zero-order chi connectivity index (χ0) is 11.4. The number of carboxylic acids is 1. The van der Waals surface area contributed by atoms with Crippen LogP contribution in [0.15, 0.2) is 6.33 Å². The van der Waals surface area contributed by atoms with Crippen LogP contribution >= 0.6 is 11.6 Å². The van der Waals surface area contributed by atoms with E-state index in [4.69, 9.17) is 28.2 Å². The highest BCUT2D eigenvalue weighted by atomic mass is 35.5. The second kappa shape index (κ2) is 4.90. The summed E-state index contributed by atoms with van der Waals surface area (Å²) in [4.78, 5) is 18.0. The van der Waals surface area contributed by atoms with Gasteiger partial charge in [0, 0.05) is 0 Å². The maximum Gasteiger partial charge on any atom is 0.320 e. The molecule has 1 heterocycles. The van der Waals surface area contributed by atoms with Crippen molar-refractivity contribution in [2.75, 3.05) is 5.73 Å². The highest BCUT2D eigenvalue weighted by Crippen LogP contribution is 2.18. The molecular weight excluding hydrogens is 220 g/mol. The normalized spacial score (nSPS) is 12.4. The Morgan fingerprint density at radius 1 is 1.60 bits per heavy atom. The molecule has 0 spiro atoms. The van der Waals surface area contributed by atoms with Crippen molar-refractivity contribution in [1.82, 2.24) is 9.97 Å². The van der Waals surface area contributed by atoms with E-state index in [1.807, 2.05) is 0 Å². The Hall–Kier alpha value is -1.40. The van der Waals surface area contributed by atoms with Gasteiger partial charge in [-0.3, -0.25) is 4.79 Å². The number of aryl methyl sites for hydroxylation is 1. The van der Waals surface area contributed by atoms with E-state index in [-0.39, 0.29) is 17.3 Å². The van der Waals surface area contributed by atoms with Gasteiger partial charge in [0.2, 0.25) is 0 Å². The van der Waals surface area contributed by atoms with E-state index in [2.05, 4.69) is 9.97 Å². The summed E-state index contributed by atoms with van der Waals surface area (Å²) in [6.45, 7) is 0. The molecule has 0 aliphatic heterocycles. The van der Waals surface area contributed by atoms with E-state index >= 15 is 0 Å². The number of nitrogens with two attached hydrogens (primary N) is 2. The van der Waals surface area contributed by atoms with Gasteiger partial charge in [-0.25, -0.2) is 9.97 Å². The fourth-order valence-electron chi connectivity index (χ4n) is 1.02. The van der Waals surface area contributed by atoms with Gasteiger partial charge in [0.25, 0.3) is 0 Å². The number of halogens is 1. The molecular formula is C8H11ClN4O2. The summed E-state index contributed by atoms with van der Waals surface area (Å²) in [5.74, 6) is -1.05. The van der Waals surface area contributed by atoms with Crippen LogP contribution in [0.1, 0.15) is 12.1 Å². The van der Waals surface area contributed by atoms with Crippen molar-refractivity contribution in [3.05, 3.63) is 17.2 Å². The summed E-state index contributed by atoms with van der Waals surface area (Å²) in [7, 11) is 0. The first-order valence-corrected chi connectivity index (χ1v) is 4.63. The first kappa shape index (κ1) is 11.7. The van der Waals surface area contributed by atoms with Crippen LogP contribution in [0.5, 0.6) is 0 Å². The van der Waals surface area contributed by atoms with Gasteiger partial charge in [0.1, 0.15) is 12.4 Å². The number of carbonyl (C=O) groups is 1. The van der Waals surface area contributed by atoms with Gasteiger partial charge in [-0.1, -0.05) is 11.6 Å². The van der Waals surface area contributed by atoms with Crippen molar-refractivity contribution in [2.45, 2.75) is 18.9 Å². The second-order valence-electron chi connectivity index (χ2n) is 3.01. The third-order valence-corrected chi connectivity index (χ3v) is 2.23. The highest BCUT2D eigenvalue weighted by molar-refractivity contribution is 6.31. The largest absolute Gasteiger partial charge is 0.480 e. The summed E-state index contributed by atoms with van der Waals surface area (Å²) in [6, 6.07) is -0.918. The smallest absolute Gasteiger partial charge is 0.320 e. The van der Waals surface area contributed by atoms with Crippen LogP contribution in [0.2, 0.25) is 5.15 Å².